The molecule has 0 spiro atoms. The lowest BCUT2D eigenvalue weighted by Crippen LogP contribution is -2.08. The number of unbranched alkanes of at least 4 members (excludes halogenated alkanes) is 6. The second kappa shape index (κ2) is 15.2. The molecule has 0 aliphatic heterocycles. The van der Waals surface area contributed by atoms with E-state index < -0.39 is 5.97 Å². The van der Waals surface area contributed by atoms with Gasteiger partial charge in [-0.2, -0.15) is 0 Å². The van der Waals surface area contributed by atoms with Gasteiger partial charge in [-0.25, -0.2) is 4.79 Å². The number of esters is 1. The van der Waals surface area contributed by atoms with Crippen molar-refractivity contribution in [3.63, 3.8) is 0 Å². The van der Waals surface area contributed by atoms with Gasteiger partial charge in [0.25, 0.3) is 0 Å². The predicted octanol–water partition coefficient (Wildman–Crippen LogP) is 9.14. The van der Waals surface area contributed by atoms with E-state index in [9.17, 15) is 4.79 Å². The number of rotatable bonds is 15. The third-order valence-electron chi connectivity index (χ3n) is 5.94. The molecule has 0 fully saturated rings. The van der Waals surface area contributed by atoms with E-state index >= 15 is 0 Å². The smallest absolute Gasteiger partial charge is 0.343 e. The second-order valence-electron chi connectivity index (χ2n) is 8.90. The largest absolute Gasteiger partial charge is 0.494 e. The minimum Gasteiger partial charge on any atom is -0.494 e. The molecule has 0 radical (unpaired) electrons. The third-order valence-corrected chi connectivity index (χ3v) is 6.24. The van der Waals surface area contributed by atoms with Crippen molar-refractivity contribution in [3.8, 4) is 28.4 Å². The van der Waals surface area contributed by atoms with Crippen LogP contribution in [-0.4, -0.2) is 19.2 Å². The fraction of sp³-hybridized carbons (Fsp3) is 0.387. The van der Waals surface area contributed by atoms with Crippen molar-refractivity contribution in [1.29, 1.82) is 0 Å². The molecule has 0 amide bonds. The fourth-order valence-electron chi connectivity index (χ4n) is 3.80. The lowest BCUT2D eigenvalue weighted by molar-refractivity contribution is 0.0734. The topological polar surface area (TPSA) is 44.8 Å². The molecule has 0 aliphatic rings. The Balaban J connectivity index is 1.51. The zero-order valence-corrected chi connectivity index (χ0v) is 22.2. The van der Waals surface area contributed by atoms with Crippen LogP contribution in [0.2, 0.25) is 5.02 Å². The van der Waals surface area contributed by atoms with E-state index in [-0.39, 0.29) is 0 Å². The number of hydrogen-bond donors (Lipinski definition) is 0. The van der Waals surface area contributed by atoms with Gasteiger partial charge in [-0.3, -0.25) is 0 Å². The Morgan fingerprint density at radius 2 is 1.25 bits per heavy atom. The van der Waals surface area contributed by atoms with Crippen LogP contribution >= 0.6 is 11.6 Å². The Morgan fingerprint density at radius 3 is 1.94 bits per heavy atom. The van der Waals surface area contributed by atoms with Crippen LogP contribution in [0.5, 0.6) is 17.2 Å². The Kier molecular flexibility index (Phi) is 11.7. The highest BCUT2D eigenvalue weighted by atomic mass is 35.5. The Labute approximate surface area is 220 Å². The summed E-state index contributed by atoms with van der Waals surface area (Å²) < 4.78 is 17.1. The fourth-order valence-corrected chi connectivity index (χ4v) is 4.03. The summed E-state index contributed by atoms with van der Waals surface area (Å²) in [5.41, 5.74) is 2.40. The van der Waals surface area contributed by atoms with Gasteiger partial charge in [0.2, 0.25) is 0 Å². The van der Waals surface area contributed by atoms with Crippen LogP contribution in [0.25, 0.3) is 11.1 Å². The highest BCUT2D eigenvalue weighted by Crippen LogP contribution is 2.31. The van der Waals surface area contributed by atoms with Crippen LogP contribution in [0.3, 0.4) is 0 Å². The molecule has 0 saturated heterocycles. The highest BCUT2D eigenvalue weighted by Gasteiger charge is 2.10. The summed E-state index contributed by atoms with van der Waals surface area (Å²) in [4.78, 5) is 12.6. The molecule has 5 heteroatoms. The molecule has 3 aromatic carbocycles. The molecule has 0 bridgehead atoms. The first-order valence-electron chi connectivity index (χ1n) is 13.1. The zero-order chi connectivity index (χ0) is 25.6. The summed E-state index contributed by atoms with van der Waals surface area (Å²) in [6.45, 7) is 5.74. The number of ether oxygens (including phenoxy) is 3. The summed E-state index contributed by atoms with van der Waals surface area (Å²) in [5.74, 6) is 1.56. The predicted molar refractivity (Wildman–Crippen MR) is 148 cm³/mol. The van der Waals surface area contributed by atoms with Crippen molar-refractivity contribution in [2.45, 2.75) is 65.2 Å². The van der Waals surface area contributed by atoms with E-state index in [2.05, 4.69) is 13.8 Å². The summed E-state index contributed by atoms with van der Waals surface area (Å²) >= 11 is 6.46. The van der Waals surface area contributed by atoms with Gasteiger partial charge in [-0.05, 0) is 72.5 Å². The van der Waals surface area contributed by atoms with Crippen LogP contribution in [-0.2, 0) is 0 Å². The second-order valence-corrected chi connectivity index (χ2v) is 9.31. The van der Waals surface area contributed by atoms with E-state index in [0.717, 1.165) is 42.6 Å². The van der Waals surface area contributed by atoms with Crippen LogP contribution < -0.4 is 14.2 Å². The summed E-state index contributed by atoms with van der Waals surface area (Å²) in [6, 6.07) is 20.2. The van der Waals surface area contributed by atoms with Gasteiger partial charge in [-0.1, -0.05) is 82.2 Å². The molecule has 0 saturated carbocycles. The molecule has 0 unspecified atom stereocenters. The maximum Gasteiger partial charge on any atom is 0.343 e. The van der Waals surface area contributed by atoms with Crippen LogP contribution in [0, 0.1) is 0 Å². The molecular formula is C31H37ClO4. The number of benzene rings is 3. The van der Waals surface area contributed by atoms with E-state index in [4.69, 9.17) is 25.8 Å². The zero-order valence-electron chi connectivity index (χ0n) is 21.4. The molecule has 4 nitrogen and oxygen atoms in total. The average Bonchev–Trinajstić information content (AvgIpc) is 2.90. The SMILES string of the molecule is CCCCCCCOc1ccc(-c2ccc(C(=O)Oc3ccc(OCCCCC)cc3)cc2)cc1Cl. The molecule has 0 aromatic heterocycles. The number of carbonyl (C=O) groups excluding carboxylic acids is 1. The van der Waals surface area contributed by atoms with Gasteiger partial charge >= 0.3 is 5.97 Å². The molecule has 36 heavy (non-hydrogen) atoms. The molecular weight excluding hydrogens is 472 g/mol. The normalized spacial score (nSPS) is 10.8. The van der Waals surface area contributed by atoms with Gasteiger partial charge in [-0.15, -0.1) is 0 Å². The van der Waals surface area contributed by atoms with Crippen molar-refractivity contribution in [2.75, 3.05) is 13.2 Å². The standard InChI is InChI=1S/C31H37ClO4/c1-3-5-7-8-10-22-35-30-20-15-26(23-29(30)32)24-11-13-25(14-12-24)31(33)36-28-18-16-27(17-19-28)34-21-9-6-4-2/h11-20,23H,3-10,21-22H2,1-2H3. The lowest BCUT2D eigenvalue weighted by atomic mass is 10.0. The van der Waals surface area contributed by atoms with E-state index in [1.54, 1.807) is 24.3 Å². The Bertz CT molecular complexity index is 1060. The average molecular weight is 509 g/mol. The van der Waals surface area contributed by atoms with Crippen LogP contribution in [0.15, 0.2) is 66.7 Å². The maximum absolute atomic E-state index is 12.6. The molecule has 3 aromatic rings. The van der Waals surface area contributed by atoms with Gasteiger partial charge < -0.3 is 14.2 Å². The van der Waals surface area contributed by atoms with Crippen molar-refractivity contribution in [3.05, 3.63) is 77.3 Å². The number of carbonyl (C=O) groups is 1. The van der Waals surface area contributed by atoms with E-state index in [1.807, 2.05) is 42.5 Å². The van der Waals surface area contributed by atoms with E-state index in [0.29, 0.717) is 35.3 Å². The van der Waals surface area contributed by atoms with E-state index in [1.165, 1.54) is 25.7 Å². The first kappa shape index (κ1) is 27.6. The highest BCUT2D eigenvalue weighted by molar-refractivity contribution is 6.32. The Morgan fingerprint density at radius 1 is 0.667 bits per heavy atom. The van der Waals surface area contributed by atoms with Crippen molar-refractivity contribution in [2.24, 2.45) is 0 Å². The summed E-state index contributed by atoms with van der Waals surface area (Å²) in [6.07, 6.45) is 9.31. The maximum atomic E-state index is 12.6. The quantitative estimate of drug-likeness (QED) is 0.117. The molecule has 3 rings (SSSR count). The molecule has 0 heterocycles. The van der Waals surface area contributed by atoms with Crippen molar-refractivity contribution >= 4 is 17.6 Å². The molecule has 0 aliphatic carbocycles. The van der Waals surface area contributed by atoms with Crippen LogP contribution in [0.4, 0.5) is 0 Å². The van der Waals surface area contributed by atoms with Crippen molar-refractivity contribution < 1.29 is 19.0 Å². The lowest BCUT2D eigenvalue weighted by Gasteiger charge is -2.10. The molecule has 0 N–H and O–H groups in total. The van der Waals surface area contributed by atoms with Crippen molar-refractivity contribution in [1.82, 2.24) is 0 Å². The molecule has 0 atom stereocenters. The van der Waals surface area contributed by atoms with Gasteiger partial charge in [0.05, 0.1) is 23.8 Å². The van der Waals surface area contributed by atoms with Gasteiger partial charge in [0.15, 0.2) is 0 Å². The molecule has 192 valence electrons. The minimum absolute atomic E-state index is 0.404. The van der Waals surface area contributed by atoms with Gasteiger partial charge in [0, 0.05) is 0 Å². The number of halogens is 1. The summed E-state index contributed by atoms with van der Waals surface area (Å²) in [7, 11) is 0. The van der Waals surface area contributed by atoms with Crippen LogP contribution in [0.1, 0.15) is 75.6 Å². The Hall–Kier alpha value is -2.98. The monoisotopic (exact) mass is 508 g/mol. The van der Waals surface area contributed by atoms with Gasteiger partial charge in [0.1, 0.15) is 17.2 Å². The first-order chi connectivity index (χ1) is 17.6. The number of hydrogen-bond acceptors (Lipinski definition) is 4. The minimum atomic E-state index is -0.404. The third kappa shape index (κ3) is 8.91. The summed E-state index contributed by atoms with van der Waals surface area (Å²) in [5, 5.41) is 0.585. The first-order valence-corrected chi connectivity index (χ1v) is 13.5.